The highest BCUT2D eigenvalue weighted by Crippen LogP contribution is 2.41. The van der Waals surface area contributed by atoms with E-state index in [1.807, 2.05) is 6.20 Å². The average Bonchev–Trinajstić information content (AvgIpc) is 3.98. The van der Waals surface area contributed by atoms with Crippen molar-refractivity contribution in [1.29, 1.82) is 0 Å². The molecule has 0 fully saturated rings. The van der Waals surface area contributed by atoms with E-state index in [0.717, 1.165) is 50.7 Å². The number of benzene rings is 7. The van der Waals surface area contributed by atoms with Crippen molar-refractivity contribution < 1.29 is 9.30 Å². The maximum absolute atomic E-state index is 7.06. The van der Waals surface area contributed by atoms with Gasteiger partial charge in [0.25, 0.3) is 6.33 Å². The van der Waals surface area contributed by atoms with Gasteiger partial charge in [-0.2, -0.15) is 0 Å². The number of hydrogen-bond acceptors (Lipinski definition) is 2. The summed E-state index contributed by atoms with van der Waals surface area (Å²) in [6, 6.07) is 63.3. The van der Waals surface area contributed by atoms with Gasteiger partial charge >= 0.3 is 0 Å². The fourth-order valence-electron chi connectivity index (χ4n) is 9.61. The number of fused-ring (bicyclic) bond motifs is 3. The molecule has 0 radical (unpaired) electrons. The second-order valence-electron chi connectivity index (χ2n) is 21.7. The Balaban J connectivity index is 1.10. The van der Waals surface area contributed by atoms with E-state index in [9.17, 15) is 0 Å². The predicted octanol–water partition coefficient (Wildman–Crippen LogP) is 15.8. The van der Waals surface area contributed by atoms with Crippen LogP contribution < -0.4 is 9.30 Å². The highest BCUT2D eigenvalue weighted by atomic mass is 16.5. The molecule has 10 rings (SSSR count). The number of aromatic nitrogens is 4. The molecule has 3 heterocycles. The van der Waals surface area contributed by atoms with Crippen LogP contribution in [0.25, 0.3) is 50.1 Å². The van der Waals surface area contributed by atoms with Crippen LogP contribution in [0.5, 0.6) is 11.5 Å². The van der Waals surface area contributed by atoms with Gasteiger partial charge in [-0.1, -0.05) is 172 Å². The van der Waals surface area contributed by atoms with E-state index in [-0.39, 0.29) is 21.7 Å². The highest BCUT2D eigenvalue weighted by molar-refractivity contribution is 6.10. The van der Waals surface area contributed by atoms with E-state index in [4.69, 9.17) is 9.72 Å². The smallest absolute Gasteiger partial charge is 0.268 e. The summed E-state index contributed by atoms with van der Waals surface area (Å²) in [5.41, 5.74) is 13.2. The Morgan fingerprint density at radius 2 is 1.12 bits per heavy atom. The van der Waals surface area contributed by atoms with E-state index >= 15 is 0 Å². The van der Waals surface area contributed by atoms with Crippen molar-refractivity contribution in [2.24, 2.45) is 0 Å². The molecule has 5 heteroatoms. The van der Waals surface area contributed by atoms with E-state index in [0.29, 0.717) is 0 Å². The Kier molecular flexibility index (Phi) is 11.3. The van der Waals surface area contributed by atoms with Crippen LogP contribution in [-0.2, 0) is 21.7 Å². The van der Waals surface area contributed by atoms with Crippen LogP contribution in [0.4, 0.5) is 0 Å². The van der Waals surface area contributed by atoms with Gasteiger partial charge in [-0.3, -0.25) is 13.7 Å². The Hall–Kier alpha value is -7.50. The van der Waals surface area contributed by atoms with Gasteiger partial charge in [0.1, 0.15) is 17.3 Å². The number of imidazole rings is 1. The van der Waals surface area contributed by atoms with Crippen LogP contribution in [0.2, 0.25) is 0 Å². The molecule has 0 bridgehead atoms. The number of pyridine rings is 1. The zero-order chi connectivity index (χ0) is 48.3. The maximum atomic E-state index is 7.06. The lowest BCUT2D eigenvalue weighted by Crippen LogP contribution is -2.29. The third kappa shape index (κ3) is 8.79. The molecule has 0 N–H and O–H groups in total. The molecule has 0 aliphatic rings. The average molecular weight is 903 g/mol. The van der Waals surface area contributed by atoms with Crippen molar-refractivity contribution >= 4 is 21.8 Å². The highest BCUT2D eigenvalue weighted by Gasteiger charge is 2.27. The van der Waals surface area contributed by atoms with Crippen LogP contribution >= 0.6 is 0 Å². The minimum absolute atomic E-state index is 0.0428. The van der Waals surface area contributed by atoms with Gasteiger partial charge in [0.2, 0.25) is 0 Å². The van der Waals surface area contributed by atoms with Crippen LogP contribution in [-0.4, -0.2) is 14.1 Å². The van der Waals surface area contributed by atoms with Gasteiger partial charge in [0.05, 0.1) is 22.4 Å². The van der Waals surface area contributed by atoms with Crippen molar-refractivity contribution in [2.45, 2.75) is 90.9 Å². The molecule has 0 amide bonds. The first-order chi connectivity index (χ1) is 32.9. The molecule has 3 aromatic heterocycles. The lowest BCUT2D eigenvalue weighted by atomic mass is 9.78. The zero-order valence-corrected chi connectivity index (χ0v) is 41.7. The predicted molar refractivity (Wildman–Crippen MR) is 285 cm³/mol. The molecule has 10 aromatic rings. The molecule has 5 nitrogen and oxygen atoms in total. The lowest BCUT2D eigenvalue weighted by Gasteiger charge is -2.27. The summed E-state index contributed by atoms with van der Waals surface area (Å²) in [5.74, 6) is 2.36. The minimum Gasteiger partial charge on any atom is -0.458 e. The third-order valence-electron chi connectivity index (χ3n) is 14.2. The molecule has 0 spiro atoms. The molecule has 0 aliphatic carbocycles. The van der Waals surface area contributed by atoms with Crippen LogP contribution in [0, 0.1) is 6.33 Å². The van der Waals surface area contributed by atoms with Gasteiger partial charge in [-0.15, -0.1) is 0 Å². The molecule has 0 saturated heterocycles. The SMILES string of the molecule is CC(C)(C)c1cc(-c2ccccc2)cc(-[n+]2[c-]n(-c3cc(Oc4ccc5c6cc(C(C)(C)c7ccccc7)ccc6n(-c6cc(C(C)(C)C)ccn6)c5c4)cc(C(C)(C)c4ccccc4)c3)cc2)c1. The number of nitrogens with zero attached hydrogens (tertiary/aromatic N) is 4. The van der Waals surface area contributed by atoms with E-state index in [2.05, 4.69) is 278 Å². The first-order valence-corrected chi connectivity index (χ1v) is 24.2. The summed E-state index contributed by atoms with van der Waals surface area (Å²) >= 11 is 0. The summed E-state index contributed by atoms with van der Waals surface area (Å²) in [6.45, 7) is 22.7. The van der Waals surface area contributed by atoms with Crippen molar-refractivity contribution in [3.8, 4) is 39.8 Å². The molecule has 0 unspecified atom stereocenters. The molecule has 0 atom stereocenters. The first-order valence-electron chi connectivity index (χ1n) is 24.2. The topological polar surface area (TPSA) is 35.9 Å². The lowest BCUT2D eigenvalue weighted by molar-refractivity contribution is -0.599. The Morgan fingerprint density at radius 1 is 0.464 bits per heavy atom. The number of rotatable bonds is 10. The molecule has 69 heavy (non-hydrogen) atoms. The minimum atomic E-state index is -0.338. The van der Waals surface area contributed by atoms with Gasteiger partial charge in [0, 0.05) is 46.3 Å². The second-order valence-corrected chi connectivity index (χ2v) is 21.7. The molecule has 0 saturated carbocycles. The van der Waals surface area contributed by atoms with Gasteiger partial charge in [-0.05, 0) is 122 Å². The standard InChI is InChI=1S/C64H62N4O/c1-61(2,3)48-30-31-65-60(40-48)68-58-29-26-49(63(7,8)46-22-16-12-17-23-46)39-57(58)56-28-27-54(42-59(56)68)69-55-38-51(64(9,10)47-24-18-13-19-25-47)37-53(41-55)67-33-32-66(43-67)52-35-45(44-20-14-11-15-21-44)34-50(36-52)62(4,5)6/h11-42H,1-10H3. The fourth-order valence-corrected chi connectivity index (χ4v) is 9.61. The Bertz CT molecular complexity index is 3470. The number of ether oxygens (including phenoxy) is 1. The Morgan fingerprint density at radius 3 is 1.78 bits per heavy atom. The molecule has 344 valence electrons. The van der Waals surface area contributed by atoms with E-state index < -0.39 is 0 Å². The molecular weight excluding hydrogens is 841 g/mol. The van der Waals surface area contributed by atoms with Crippen molar-refractivity contribution in [3.05, 3.63) is 234 Å². The maximum Gasteiger partial charge on any atom is 0.268 e. The molecule has 7 aromatic carbocycles. The first kappa shape index (κ1) is 45.3. The van der Waals surface area contributed by atoms with Crippen molar-refractivity contribution in [3.63, 3.8) is 0 Å². The van der Waals surface area contributed by atoms with Crippen molar-refractivity contribution in [2.75, 3.05) is 0 Å². The molecule has 0 aliphatic heterocycles. The normalized spacial score (nSPS) is 12.5. The number of hydrogen-bond donors (Lipinski definition) is 0. The van der Waals surface area contributed by atoms with Gasteiger partial charge in [0.15, 0.2) is 0 Å². The van der Waals surface area contributed by atoms with E-state index in [1.54, 1.807) is 0 Å². The van der Waals surface area contributed by atoms with Crippen LogP contribution in [0.1, 0.15) is 103 Å². The van der Waals surface area contributed by atoms with Crippen LogP contribution in [0.3, 0.4) is 0 Å². The summed E-state index contributed by atoms with van der Waals surface area (Å²) in [4.78, 5) is 5.02. The monoisotopic (exact) mass is 902 g/mol. The van der Waals surface area contributed by atoms with E-state index in [1.165, 1.54) is 44.3 Å². The van der Waals surface area contributed by atoms with Gasteiger partial charge < -0.3 is 4.74 Å². The van der Waals surface area contributed by atoms with Crippen molar-refractivity contribution in [1.82, 2.24) is 14.1 Å². The second kappa shape index (κ2) is 17.2. The summed E-state index contributed by atoms with van der Waals surface area (Å²) < 4.78 is 13.5. The zero-order valence-electron chi connectivity index (χ0n) is 41.7. The fraction of sp³-hybridized carbons (Fsp3) is 0.219. The Labute approximate surface area is 408 Å². The third-order valence-corrected chi connectivity index (χ3v) is 14.2. The summed E-state index contributed by atoms with van der Waals surface area (Å²) in [5, 5.41) is 2.32. The summed E-state index contributed by atoms with van der Waals surface area (Å²) in [6.07, 6.45) is 9.80. The molecular formula is C64H62N4O. The summed E-state index contributed by atoms with van der Waals surface area (Å²) in [7, 11) is 0. The largest absolute Gasteiger partial charge is 0.458 e. The van der Waals surface area contributed by atoms with Gasteiger partial charge in [-0.25, -0.2) is 4.98 Å². The van der Waals surface area contributed by atoms with Crippen LogP contribution in [0.15, 0.2) is 195 Å². The quantitative estimate of drug-likeness (QED) is 0.101.